The van der Waals surface area contributed by atoms with Gasteiger partial charge in [0.15, 0.2) is 6.23 Å². The predicted octanol–water partition coefficient (Wildman–Crippen LogP) is 1.57. The van der Waals surface area contributed by atoms with E-state index in [1.807, 2.05) is 0 Å². The van der Waals surface area contributed by atoms with Crippen molar-refractivity contribution in [1.29, 1.82) is 0 Å². The summed E-state index contributed by atoms with van der Waals surface area (Å²) in [4.78, 5) is 11.5. The van der Waals surface area contributed by atoms with Crippen LogP contribution in [-0.2, 0) is 11.8 Å². The normalized spacial score (nSPS) is 20.4. The van der Waals surface area contributed by atoms with Crippen molar-refractivity contribution < 1.29 is 9.13 Å². The summed E-state index contributed by atoms with van der Waals surface area (Å²) >= 11 is 0. The van der Waals surface area contributed by atoms with Crippen molar-refractivity contribution in [3.8, 4) is 0 Å². The number of ether oxygens (including phenoxy) is 1. The van der Waals surface area contributed by atoms with Gasteiger partial charge in [-0.1, -0.05) is 0 Å². The minimum atomic E-state index is -0.503. The lowest BCUT2D eigenvalue weighted by Gasteiger charge is -2.22. The highest BCUT2D eigenvalue weighted by Crippen LogP contribution is 2.25. The molecule has 0 aromatic carbocycles. The van der Waals surface area contributed by atoms with Crippen LogP contribution in [0.1, 0.15) is 25.5 Å². The van der Waals surface area contributed by atoms with Crippen LogP contribution in [0.4, 0.5) is 4.39 Å². The van der Waals surface area contributed by atoms with Crippen LogP contribution < -0.4 is 5.56 Å². The molecule has 0 amide bonds. The molecule has 0 aliphatic carbocycles. The smallest absolute Gasteiger partial charge is 0.250 e. The molecule has 0 spiro atoms. The standard InChI is InChI=1S/C12H14FN3O2/c1-15-9(17)6-5-8-11(15)12(13)16(14-8)10-4-2-3-7-18-10/h5-6,10H,2-4,7H2,1H3. The summed E-state index contributed by atoms with van der Waals surface area (Å²) in [6.07, 6.45) is 2.39. The fourth-order valence-corrected chi connectivity index (χ4v) is 2.32. The Balaban J connectivity index is 2.16. The van der Waals surface area contributed by atoms with Crippen LogP contribution in [0.15, 0.2) is 16.9 Å². The summed E-state index contributed by atoms with van der Waals surface area (Å²) in [5.74, 6) is -0.503. The number of pyridine rings is 1. The second kappa shape index (κ2) is 4.20. The average Bonchev–Trinajstić information content (AvgIpc) is 2.73. The molecule has 3 rings (SSSR count). The molecular formula is C12H14FN3O2. The maximum absolute atomic E-state index is 14.3. The van der Waals surface area contributed by atoms with E-state index in [0.29, 0.717) is 12.1 Å². The van der Waals surface area contributed by atoms with Crippen LogP contribution in [0, 0.1) is 5.95 Å². The molecule has 3 heterocycles. The Labute approximate surface area is 103 Å². The van der Waals surface area contributed by atoms with Crippen molar-refractivity contribution in [3.63, 3.8) is 0 Å². The zero-order valence-electron chi connectivity index (χ0n) is 10.1. The fraction of sp³-hybridized carbons (Fsp3) is 0.500. The highest BCUT2D eigenvalue weighted by Gasteiger charge is 2.23. The predicted molar refractivity (Wildman–Crippen MR) is 63.8 cm³/mol. The molecule has 0 saturated carbocycles. The third kappa shape index (κ3) is 1.64. The van der Waals surface area contributed by atoms with Gasteiger partial charge in [0.05, 0.1) is 0 Å². The Morgan fingerprint density at radius 3 is 3.00 bits per heavy atom. The Morgan fingerprint density at radius 1 is 1.44 bits per heavy atom. The van der Waals surface area contributed by atoms with Crippen molar-refractivity contribution in [1.82, 2.24) is 14.3 Å². The topological polar surface area (TPSA) is 49.0 Å². The maximum Gasteiger partial charge on any atom is 0.250 e. The number of rotatable bonds is 1. The van der Waals surface area contributed by atoms with Crippen LogP contribution in [0.3, 0.4) is 0 Å². The summed E-state index contributed by atoms with van der Waals surface area (Å²) in [7, 11) is 1.54. The van der Waals surface area contributed by atoms with E-state index in [9.17, 15) is 9.18 Å². The number of fused-ring (bicyclic) bond motifs is 1. The van der Waals surface area contributed by atoms with Gasteiger partial charge in [-0.2, -0.15) is 9.49 Å². The van der Waals surface area contributed by atoms with E-state index in [0.717, 1.165) is 19.3 Å². The van der Waals surface area contributed by atoms with Gasteiger partial charge in [0, 0.05) is 19.7 Å². The molecule has 1 saturated heterocycles. The van der Waals surface area contributed by atoms with Crippen LogP contribution in [0.2, 0.25) is 0 Å². The van der Waals surface area contributed by atoms with Crippen molar-refractivity contribution in [2.75, 3.05) is 6.61 Å². The summed E-state index contributed by atoms with van der Waals surface area (Å²) in [6, 6.07) is 2.93. The van der Waals surface area contributed by atoms with Gasteiger partial charge in [-0.25, -0.2) is 4.68 Å². The van der Waals surface area contributed by atoms with Crippen molar-refractivity contribution in [2.24, 2.45) is 7.05 Å². The van der Waals surface area contributed by atoms with Crippen molar-refractivity contribution in [3.05, 3.63) is 28.4 Å². The largest absolute Gasteiger partial charge is 0.356 e. The van der Waals surface area contributed by atoms with Crippen LogP contribution in [0.25, 0.3) is 11.0 Å². The molecule has 18 heavy (non-hydrogen) atoms. The van der Waals surface area contributed by atoms with Crippen molar-refractivity contribution in [2.45, 2.75) is 25.5 Å². The molecule has 1 aliphatic heterocycles. The summed E-state index contributed by atoms with van der Waals surface area (Å²) < 4.78 is 22.4. The Bertz CT molecular complexity index is 641. The van der Waals surface area contributed by atoms with E-state index in [4.69, 9.17) is 4.74 Å². The molecule has 1 atom stereocenters. The lowest BCUT2D eigenvalue weighted by Crippen LogP contribution is -2.21. The highest BCUT2D eigenvalue weighted by atomic mass is 19.1. The first-order valence-corrected chi connectivity index (χ1v) is 6.04. The number of nitrogens with zero attached hydrogens (tertiary/aromatic N) is 3. The molecule has 1 unspecified atom stereocenters. The van der Waals surface area contributed by atoms with E-state index in [2.05, 4.69) is 5.10 Å². The van der Waals surface area contributed by atoms with Gasteiger partial charge in [0.1, 0.15) is 11.0 Å². The summed E-state index contributed by atoms with van der Waals surface area (Å²) in [5.41, 5.74) is 0.464. The minimum absolute atomic E-state index is 0.233. The molecule has 6 heteroatoms. The zero-order chi connectivity index (χ0) is 12.7. The molecule has 5 nitrogen and oxygen atoms in total. The van der Waals surface area contributed by atoms with Crippen molar-refractivity contribution >= 4 is 11.0 Å². The molecule has 96 valence electrons. The fourth-order valence-electron chi connectivity index (χ4n) is 2.32. The zero-order valence-corrected chi connectivity index (χ0v) is 10.1. The number of aryl methyl sites for hydroxylation is 1. The van der Waals surface area contributed by atoms with Gasteiger partial charge in [0.2, 0.25) is 5.95 Å². The first kappa shape index (κ1) is 11.4. The van der Waals surface area contributed by atoms with E-state index in [-0.39, 0.29) is 17.3 Å². The highest BCUT2D eigenvalue weighted by molar-refractivity contribution is 5.74. The van der Waals surface area contributed by atoms with E-state index in [1.165, 1.54) is 15.3 Å². The van der Waals surface area contributed by atoms with Gasteiger partial charge in [-0.3, -0.25) is 4.79 Å². The van der Waals surface area contributed by atoms with Gasteiger partial charge in [-0.15, -0.1) is 0 Å². The number of hydrogen-bond donors (Lipinski definition) is 0. The lowest BCUT2D eigenvalue weighted by molar-refractivity contribution is -0.0454. The molecular weight excluding hydrogens is 237 g/mol. The van der Waals surface area contributed by atoms with Crippen LogP contribution in [0.5, 0.6) is 0 Å². The minimum Gasteiger partial charge on any atom is -0.356 e. The molecule has 2 aromatic heterocycles. The molecule has 0 N–H and O–H groups in total. The van der Waals surface area contributed by atoms with Gasteiger partial charge >= 0.3 is 0 Å². The van der Waals surface area contributed by atoms with E-state index >= 15 is 0 Å². The maximum atomic E-state index is 14.3. The van der Waals surface area contributed by atoms with Gasteiger partial charge in [0.25, 0.3) is 5.56 Å². The second-order valence-electron chi connectivity index (χ2n) is 4.52. The third-order valence-electron chi connectivity index (χ3n) is 3.33. The lowest BCUT2D eigenvalue weighted by atomic mass is 10.2. The SMILES string of the molecule is Cn1c(=O)ccc2nn(C3CCCCO3)c(F)c21. The molecule has 0 radical (unpaired) electrons. The average molecular weight is 251 g/mol. The first-order valence-electron chi connectivity index (χ1n) is 6.04. The molecule has 0 bridgehead atoms. The first-order chi connectivity index (χ1) is 8.68. The number of halogens is 1. The molecule has 2 aromatic rings. The van der Waals surface area contributed by atoms with Gasteiger partial charge < -0.3 is 9.30 Å². The summed E-state index contributed by atoms with van der Waals surface area (Å²) in [5, 5.41) is 4.19. The Hall–Kier alpha value is -1.69. The van der Waals surface area contributed by atoms with Gasteiger partial charge in [-0.05, 0) is 25.3 Å². The third-order valence-corrected chi connectivity index (χ3v) is 3.33. The quantitative estimate of drug-likeness (QED) is 0.773. The van der Waals surface area contributed by atoms with Crippen LogP contribution in [-0.4, -0.2) is 21.0 Å². The molecule has 1 aliphatic rings. The Morgan fingerprint density at radius 2 is 2.28 bits per heavy atom. The Kier molecular flexibility index (Phi) is 2.66. The second-order valence-corrected chi connectivity index (χ2v) is 4.52. The van der Waals surface area contributed by atoms with Crippen LogP contribution >= 0.6 is 0 Å². The number of aromatic nitrogens is 3. The van der Waals surface area contributed by atoms with E-state index < -0.39 is 5.95 Å². The molecule has 1 fully saturated rings. The number of hydrogen-bond acceptors (Lipinski definition) is 3. The monoisotopic (exact) mass is 251 g/mol. The van der Waals surface area contributed by atoms with E-state index in [1.54, 1.807) is 13.1 Å². The summed E-state index contributed by atoms with van der Waals surface area (Å²) in [6.45, 7) is 0.624.